The van der Waals surface area contributed by atoms with Gasteiger partial charge in [-0.2, -0.15) is 0 Å². The molecular formula is C25H19N. The first-order valence-electron chi connectivity index (χ1n) is 9.22. The first-order valence-corrected chi connectivity index (χ1v) is 9.22. The second kappa shape index (κ2) is 4.56. The zero-order valence-corrected chi connectivity index (χ0v) is 14.9. The van der Waals surface area contributed by atoms with E-state index in [-0.39, 0.29) is 5.41 Å². The highest BCUT2D eigenvalue weighted by Crippen LogP contribution is 2.52. The minimum atomic E-state index is 0.0151. The SMILES string of the molecule is CC1(C)c2cc3c(cc2-c2c1ccc1ccccc21)[nH]c1ccccc13. The van der Waals surface area contributed by atoms with Crippen molar-refractivity contribution in [3.63, 3.8) is 0 Å². The molecule has 0 amide bonds. The van der Waals surface area contributed by atoms with Crippen LogP contribution in [0.3, 0.4) is 0 Å². The van der Waals surface area contributed by atoms with Crippen molar-refractivity contribution in [3.8, 4) is 11.1 Å². The Bertz CT molecular complexity index is 1350. The third-order valence-corrected chi connectivity index (χ3v) is 6.19. The largest absolute Gasteiger partial charge is 0.354 e. The number of rotatable bonds is 0. The minimum absolute atomic E-state index is 0.0151. The van der Waals surface area contributed by atoms with E-state index < -0.39 is 0 Å². The van der Waals surface area contributed by atoms with E-state index >= 15 is 0 Å². The number of hydrogen-bond donors (Lipinski definition) is 1. The van der Waals surface area contributed by atoms with Crippen LogP contribution in [-0.4, -0.2) is 4.98 Å². The highest BCUT2D eigenvalue weighted by atomic mass is 14.7. The summed E-state index contributed by atoms with van der Waals surface area (Å²) in [6.07, 6.45) is 0. The van der Waals surface area contributed by atoms with E-state index in [1.807, 2.05) is 0 Å². The summed E-state index contributed by atoms with van der Waals surface area (Å²) in [7, 11) is 0. The van der Waals surface area contributed by atoms with Crippen LogP contribution in [0.25, 0.3) is 43.7 Å². The Morgan fingerprint density at radius 3 is 2.31 bits per heavy atom. The van der Waals surface area contributed by atoms with Crippen LogP contribution in [0.5, 0.6) is 0 Å². The average Bonchev–Trinajstić information content (AvgIpc) is 3.13. The van der Waals surface area contributed by atoms with Gasteiger partial charge in [-0.25, -0.2) is 0 Å². The number of fused-ring (bicyclic) bond motifs is 8. The van der Waals surface area contributed by atoms with Gasteiger partial charge in [0.25, 0.3) is 0 Å². The lowest BCUT2D eigenvalue weighted by atomic mass is 9.81. The molecule has 0 fully saturated rings. The molecule has 1 heteroatoms. The van der Waals surface area contributed by atoms with Gasteiger partial charge in [-0.3, -0.25) is 0 Å². The molecule has 0 bridgehead atoms. The van der Waals surface area contributed by atoms with Crippen LogP contribution < -0.4 is 0 Å². The molecule has 0 spiro atoms. The van der Waals surface area contributed by atoms with Gasteiger partial charge in [0.2, 0.25) is 0 Å². The number of aromatic nitrogens is 1. The predicted molar refractivity (Wildman–Crippen MR) is 111 cm³/mol. The van der Waals surface area contributed by atoms with Crippen molar-refractivity contribution in [1.29, 1.82) is 0 Å². The van der Waals surface area contributed by atoms with Crippen LogP contribution in [0.2, 0.25) is 0 Å². The standard InChI is InChI=1S/C25H19N/c1-25(2)20-12-11-15-7-3-4-8-16(15)24(20)19-14-23-18(13-21(19)25)17-9-5-6-10-22(17)26-23/h3-14,26H,1-2H3. The van der Waals surface area contributed by atoms with E-state index in [9.17, 15) is 0 Å². The van der Waals surface area contributed by atoms with Gasteiger partial charge in [-0.15, -0.1) is 0 Å². The van der Waals surface area contributed by atoms with E-state index in [2.05, 4.69) is 91.6 Å². The molecule has 5 aromatic rings. The maximum absolute atomic E-state index is 3.61. The minimum Gasteiger partial charge on any atom is -0.354 e. The molecule has 1 nitrogen and oxygen atoms in total. The molecule has 1 aliphatic carbocycles. The fraction of sp³-hybridized carbons (Fsp3) is 0.120. The molecular weight excluding hydrogens is 314 g/mol. The zero-order valence-electron chi connectivity index (χ0n) is 14.9. The van der Waals surface area contributed by atoms with Crippen LogP contribution in [0.15, 0.2) is 72.8 Å². The number of hydrogen-bond acceptors (Lipinski definition) is 0. The normalized spacial score (nSPS) is 14.8. The van der Waals surface area contributed by atoms with Gasteiger partial charge in [0.1, 0.15) is 0 Å². The fourth-order valence-corrected chi connectivity index (χ4v) is 4.85. The van der Waals surface area contributed by atoms with Crippen LogP contribution in [0.1, 0.15) is 25.0 Å². The van der Waals surface area contributed by atoms with E-state index in [0.717, 1.165) is 0 Å². The van der Waals surface area contributed by atoms with Crippen molar-refractivity contribution < 1.29 is 0 Å². The summed E-state index contributed by atoms with van der Waals surface area (Å²) in [6.45, 7) is 4.71. The Morgan fingerprint density at radius 2 is 1.42 bits per heavy atom. The van der Waals surface area contributed by atoms with E-state index in [1.165, 1.54) is 54.8 Å². The highest BCUT2D eigenvalue weighted by molar-refractivity contribution is 6.11. The summed E-state index contributed by atoms with van der Waals surface area (Å²) < 4.78 is 0. The summed E-state index contributed by atoms with van der Waals surface area (Å²) in [5.74, 6) is 0. The molecule has 124 valence electrons. The van der Waals surface area contributed by atoms with Gasteiger partial charge in [-0.05, 0) is 51.2 Å². The summed E-state index contributed by atoms with van der Waals surface area (Å²) in [5, 5.41) is 5.30. The summed E-state index contributed by atoms with van der Waals surface area (Å²) in [5.41, 5.74) is 8.10. The van der Waals surface area contributed by atoms with Crippen molar-refractivity contribution in [3.05, 3.63) is 83.9 Å². The van der Waals surface area contributed by atoms with Crippen LogP contribution in [0.4, 0.5) is 0 Å². The topological polar surface area (TPSA) is 15.8 Å². The van der Waals surface area contributed by atoms with Crippen molar-refractivity contribution in [2.75, 3.05) is 0 Å². The Hall–Kier alpha value is -3.06. The highest BCUT2D eigenvalue weighted by Gasteiger charge is 2.36. The van der Waals surface area contributed by atoms with Crippen molar-refractivity contribution in [2.24, 2.45) is 0 Å². The Kier molecular flexibility index (Phi) is 2.48. The van der Waals surface area contributed by atoms with Crippen LogP contribution >= 0.6 is 0 Å². The molecule has 0 atom stereocenters. The van der Waals surface area contributed by atoms with E-state index in [4.69, 9.17) is 0 Å². The molecule has 0 saturated heterocycles. The van der Waals surface area contributed by atoms with E-state index in [1.54, 1.807) is 0 Å². The zero-order chi connectivity index (χ0) is 17.5. The number of aromatic amines is 1. The molecule has 0 unspecified atom stereocenters. The van der Waals surface area contributed by atoms with Crippen molar-refractivity contribution in [2.45, 2.75) is 19.3 Å². The lowest BCUT2D eigenvalue weighted by molar-refractivity contribution is 0.661. The molecule has 0 saturated carbocycles. The summed E-state index contributed by atoms with van der Waals surface area (Å²) >= 11 is 0. The Balaban J connectivity index is 1.80. The van der Waals surface area contributed by atoms with Gasteiger partial charge >= 0.3 is 0 Å². The van der Waals surface area contributed by atoms with E-state index in [0.29, 0.717) is 0 Å². The van der Waals surface area contributed by atoms with Crippen molar-refractivity contribution in [1.82, 2.24) is 4.98 Å². The Labute approximate surface area is 152 Å². The second-order valence-electron chi connectivity index (χ2n) is 7.95. The first-order chi connectivity index (χ1) is 12.6. The maximum atomic E-state index is 3.61. The number of nitrogens with one attached hydrogen (secondary N) is 1. The fourth-order valence-electron chi connectivity index (χ4n) is 4.85. The first kappa shape index (κ1) is 14.1. The number of para-hydroxylation sites is 1. The van der Waals surface area contributed by atoms with Crippen LogP contribution in [0, 0.1) is 0 Å². The van der Waals surface area contributed by atoms with Gasteiger partial charge in [0, 0.05) is 27.2 Å². The quantitative estimate of drug-likeness (QED) is 0.321. The molecule has 26 heavy (non-hydrogen) atoms. The summed E-state index contributed by atoms with van der Waals surface area (Å²) in [4.78, 5) is 3.61. The average molecular weight is 333 g/mol. The van der Waals surface area contributed by atoms with Gasteiger partial charge in [0.05, 0.1) is 0 Å². The third kappa shape index (κ3) is 1.61. The second-order valence-corrected chi connectivity index (χ2v) is 7.95. The molecule has 1 heterocycles. The lowest BCUT2D eigenvalue weighted by Gasteiger charge is -2.21. The molecule has 1 aromatic heterocycles. The third-order valence-electron chi connectivity index (χ3n) is 6.19. The molecule has 0 radical (unpaired) electrons. The summed E-state index contributed by atoms with van der Waals surface area (Å²) in [6, 6.07) is 26.7. The van der Waals surface area contributed by atoms with Crippen LogP contribution in [-0.2, 0) is 5.41 Å². The maximum Gasteiger partial charge on any atom is 0.0471 e. The number of benzene rings is 4. The molecule has 1 aliphatic rings. The van der Waals surface area contributed by atoms with Gasteiger partial charge < -0.3 is 4.98 Å². The lowest BCUT2D eigenvalue weighted by Crippen LogP contribution is -2.14. The van der Waals surface area contributed by atoms with Gasteiger partial charge in [0.15, 0.2) is 0 Å². The predicted octanol–water partition coefficient (Wildman–Crippen LogP) is 6.78. The number of H-pyrrole nitrogens is 1. The van der Waals surface area contributed by atoms with Crippen molar-refractivity contribution >= 4 is 32.6 Å². The monoisotopic (exact) mass is 333 g/mol. The molecule has 1 N–H and O–H groups in total. The van der Waals surface area contributed by atoms with Gasteiger partial charge in [-0.1, -0.05) is 68.4 Å². The Morgan fingerprint density at radius 1 is 0.654 bits per heavy atom. The smallest absolute Gasteiger partial charge is 0.0471 e. The molecule has 4 aromatic carbocycles. The molecule has 0 aliphatic heterocycles. The molecule has 6 rings (SSSR count).